The Morgan fingerprint density at radius 1 is 1.10 bits per heavy atom. The second kappa shape index (κ2) is 9.80. The Balaban J connectivity index is 1.70. The van der Waals surface area contributed by atoms with Crippen molar-refractivity contribution in [2.24, 2.45) is 4.99 Å². The van der Waals surface area contributed by atoms with E-state index >= 15 is 0 Å². The third-order valence-electron chi connectivity index (χ3n) is 3.65. The Hall–Kier alpha value is -2.81. The molecule has 7 nitrogen and oxygen atoms in total. The van der Waals surface area contributed by atoms with E-state index in [1.54, 1.807) is 48.5 Å². The van der Waals surface area contributed by atoms with Crippen molar-refractivity contribution >= 4 is 69.6 Å². The number of hydrogen-bond donors (Lipinski definition) is 2. The van der Waals surface area contributed by atoms with Crippen LogP contribution in [0.5, 0.6) is 5.75 Å². The Kier molecular flexibility index (Phi) is 7.15. The molecular formula is C20H15Cl2N3O4S. The molecule has 3 rings (SSSR count). The van der Waals surface area contributed by atoms with E-state index in [-0.39, 0.29) is 28.5 Å². The second-order valence-corrected chi connectivity index (χ2v) is 7.94. The van der Waals surface area contributed by atoms with Crippen LogP contribution < -0.4 is 15.4 Å². The number of nitrogens with zero attached hydrogens (tertiary/aromatic N) is 1. The number of thioether (sulfide) groups is 1. The summed E-state index contributed by atoms with van der Waals surface area (Å²) in [7, 11) is 0. The van der Waals surface area contributed by atoms with E-state index in [1.165, 1.54) is 6.92 Å². The van der Waals surface area contributed by atoms with Crippen LogP contribution in [0.2, 0.25) is 10.0 Å². The van der Waals surface area contributed by atoms with E-state index in [0.29, 0.717) is 27.0 Å². The minimum absolute atomic E-state index is 0.200. The number of benzene rings is 2. The number of carbonyl (C=O) groups is 3. The van der Waals surface area contributed by atoms with Gasteiger partial charge in [-0.2, -0.15) is 4.99 Å². The quantitative estimate of drug-likeness (QED) is 0.649. The number of carbonyl (C=O) groups excluding carboxylic acids is 3. The zero-order valence-corrected chi connectivity index (χ0v) is 17.9. The second-order valence-electron chi connectivity index (χ2n) is 6.04. The fourth-order valence-electron chi connectivity index (χ4n) is 2.39. The molecule has 0 saturated heterocycles. The van der Waals surface area contributed by atoms with Crippen LogP contribution in [-0.4, -0.2) is 29.5 Å². The fraction of sp³-hybridized carbons (Fsp3) is 0.100. The number of halogens is 2. The van der Waals surface area contributed by atoms with Gasteiger partial charge >= 0.3 is 0 Å². The number of hydrogen-bond acceptors (Lipinski definition) is 5. The molecule has 0 fully saturated rings. The number of amides is 3. The van der Waals surface area contributed by atoms with Gasteiger partial charge in [0.2, 0.25) is 5.91 Å². The lowest BCUT2D eigenvalue weighted by Gasteiger charge is -2.11. The first-order chi connectivity index (χ1) is 14.3. The number of nitrogens with one attached hydrogen (secondary N) is 2. The Bertz CT molecular complexity index is 1070. The van der Waals surface area contributed by atoms with Crippen LogP contribution in [0.4, 0.5) is 5.69 Å². The van der Waals surface area contributed by atoms with Crippen molar-refractivity contribution in [2.75, 3.05) is 11.9 Å². The molecule has 2 N–H and O–H groups in total. The molecule has 0 aliphatic carbocycles. The predicted molar refractivity (Wildman–Crippen MR) is 119 cm³/mol. The third kappa shape index (κ3) is 6.09. The average Bonchev–Trinajstić information content (AvgIpc) is 3.01. The summed E-state index contributed by atoms with van der Waals surface area (Å²) in [5.74, 6) is -0.822. The maximum absolute atomic E-state index is 12.2. The fourth-order valence-corrected chi connectivity index (χ4v) is 3.55. The monoisotopic (exact) mass is 463 g/mol. The summed E-state index contributed by atoms with van der Waals surface area (Å²) in [4.78, 5) is 39.5. The minimum atomic E-state index is -0.491. The van der Waals surface area contributed by atoms with Crippen LogP contribution in [0.15, 0.2) is 52.4 Å². The van der Waals surface area contributed by atoms with Gasteiger partial charge in [-0.25, -0.2) is 0 Å². The van der Waals surface area contributed by atoms with E-state index in [9.17, 15) is 14.4 Å². The van der Waals surface area contributed by atoms with Crippen LogP contribution in [0.1, 0.15) is 12.5 Å². The highest BCUT2D eigenvalue weighted by molar-refractivity contribution is 8.18. The molecule has 10 heteroatoms. The molecule has 0 saturated carbocycles. The van der Waals surface area contributed by atoms with E-state index in [4.69, 9.17) is 27.9 Å². The van der Waals surface area contributed by atoms with Crippen molar-refractivity contribution in [3.8, 4) is 5.75 Å². The maximum atomic E-state index is 12.2. The lowest BCUT2D eigenvalue weighted by molar-refractivity contribution is -0.118. The van der Waals surface area contributed by atoms with Crippen molar-refractivity contribution in [1.82, 2.24) is 5.32 Å². The van der Waals surface area contributed by atoms with Gasteiger partial charge in [0.25, 0.3) is 11.8 Å². The van der Waals surface area contributed by atoms with Crippen molar-refractivity contribution in [1.29, 1.82) is 0 Å². The highest BCUT2D eigenvalue weighted by atomic mass is 35.5. The molecule has 0 bridgehead atoms. The van der Waals surface area contributed by atoms with E-state index in [2.05, 4.69) is 15.6 Å². The zero-order valence-electron chi connectivity index (χ0n) is 15.6. The summed E-state index contributed by atoms with van der Waals surface area (Å²) in [6.45, 7) is 1.07. The maximum Gasteiger partial charge on any atom is 0.286 e. The normalized spacial score (nSPS) is 14.4. The first-order valence-electron chi connectivity index (χ1n) is 8.58. The van der Waals surface area contributed by atoms with Crippen LogP contribution >= 0.6 is 35.0 Å². The molecule has 2 aromatic rings. The van der Waals surface area contributed by atoms with Crippen molar-refractivity contribution in [3.63, 3.8) is 0 Å². The number of anilines is 1. The first kappa shape index (κ1) is 21.9. The van der Waals surface area contributed by atoms with Gasteiger partial charge in [-0.15, -0.1) is 0 Å². The predicted octanol–water partition coefficient (Wildman–Crippen LogP) is 4.12. The summed E-state index contributed by atoms with van der Waals surface area (Å²) < 4.78 is 5.62. The summed E-state index contributed by atoms with van der Waals surface area (Å²) in [6.07, 6.45) is 1.55. The van der Waals surface area contributed by atoms with Gasteiger partial charge in [-0.3, -0.25) is 14.4 Å². The molecule has 30 heavy (non-hydrogen) atoms. The van der Waals surface area contributed by atoms with E-state index < -0.39 is 5.91 Å². The van der Waals surface area contributed by atoms with Gasteiger partial charge in [0.1, 0.15) is 5.75 Å². The lowest BCUT2D eigenvalue weighted by atomic mass is 10.2. The summed E-state index contributed by atoms with van der Waals surface area (Å²) >= 11 is 12.9. The van der Waals surface area contributed by atoms with Crippen LogP contribution in [0.3, 0.4) is 0 Å². The highest BCUT2D eigenvalue weighted by Crippen LogP contribution is 2.32. The Morgan fingerprint density at radius 3 is 2.50 bits per heavy atom. The van der Waals surface area contributed by atoms with Crippen LogP contribution in [-0.2, 0) is 14.4 Å². The Labute approximate surface area is 186 Å². The van der Waals surface area contributed by atoms with Gasteiger partial charge in [0.15, 0.2) is 11.8 Å². The smallest absolute Gasteiger partial charge is 0.286 e. The van der Waals surface area contributed by atoms with Crippen molar-refractivity contribution < 1.29 is 19.1 Å². The molecule has 0 atom stereocenters. The SMILES string of the molecule is CC(=O)NC1=NC(=O)/C(=C/c2cc(Cl)ccc2OCC(=O)Nc2ccc(Cl)cc2)S1. The highest BCUT2D eigenvalue weighted by Gasteiger charge is 2.23. The van der Waals surface area contributed by atoms with Crippen molar-refractivity contribution in [2.45, 2.75) is 6.92 Å². The topological polar surface area (TPSA) is 96.9 Å². The number of amidine groups is 1. The van der Waals surface area contributed by atoms with Gasteiger partial charge in [-0.1, -0.05) is 23.2 Å². The molecule has 0 aromatic heterocycles. The molecule has 3 amide bonds. The van der Waals surface area contributed by atoms with Gasteiger partial charge in [0, 0.05) is 28.2 Å². The average molecular weight is 464 g/mol. The molecular weight excluding hydrogens is 449 g/mol. The Morgan fingerprint density at radius 2 is 1.80 bits per heavy atom. The largest absolute Gasteiger partial charge is 0.483 e. The zero-order chi connectivity index (χ0) is 21.7. The standard InChI is InChI=1S/C20H15Cl2N3O4S/c1-11(26)23-20-25-19(28)17(30-20)9-12-8-14(22)4-7-16(12)29-10-18(27)24-15-5-2-13(21)3-6-15/h2-9H,10H2,1H3,(H,24,27)(H,23,25,26,28)/b17-9-. The molecule has 2 aromatic carbocycles. The number of ether oxygens (including phenoxy) is 1. The number of rotatable bonds is 5. The molecule has 154 valence electrons. The first-order valence-corrected chi connectivity index (χ1v) is 10.2. The van der Waals surface area contributed by atoms with Gasteiger partial charge in [0.05, 0.1) is 4.91 Å². The molecule has 1 aliphatic heterocycles. The van der Waals surface area contributed by atoms with Crippen molar-refractivity contribution in [3.05, 3.63) is 63.0 Å². The molecule has 0 spiro atoms. The van der Waals surface area contributed by atoms with E-state index in [1.807, 2.05) is 0 Å². The van der Waals surface area contributed by atoms with Crippen LogP contribution in [0, 0.1) is 0 Å². The molecule has 1 heterocycles. The molecule has 1 aliphatic rings. The lowest BCUT2D eigenvalue weighted by Crippen LogP contribution is -2.23. The summed E-state index contributed by atoms with van der Waals surface area (Å²) in [5.41, 5.74) is 1.08. The van der Waals surface area contributed by atoms with E-state index in [0.717, 1.165) is 11.8 Å². The molecule has 0 unspecified atom stereocenters. The minimum Gasteiger partial charge on any atom is -0.483 e. The van der Waals surface area contributed by atoms with Gasteiger partial charge < -0.3 is 15.4 Å². The van der Waals surface area contributed by atoms with Crippen LogP contribution in [0.25, 0.3) is 6.08 Å². The molecule has 0 radical (unpaired) electrons. The summed E-state index contributed by atoms with van der Waals surface area (Å²) in [6, 6.07) is 11.5. The third-order valence-corrected chi connectivity index (χ3v) is 5.03. The summed E-state index contributed by atoms with van der Waals surface area (Å²) in [5, 5.41) is 6.36. The van der Waals surface area contributed by atoms with Gasteiger partial charge in [-0.05, 0) is 60.3 Å². The number of aliphatic imine (C=N–C) groups is 1.